The Balaban J connectivity index is 1.87. The van der Waals surface area contributed by atoms with Crippen LogP contribution in [0.1, 0.15) is 30.9 Å². The summed E-state index contributed by atoms with van der Waals surface area (Å²) in [5.41, 5.74) is 3.41. The molecule has 2 aliphatic rings. The molecule has 1 aromatic carbocycles. The van der Waals surface area contributed by atoms with E-state index in [2.05, 4.69) is 47.5 Å². The number of fused-ring (bicyclic) bond motifs is 1. The quantitative estimate of drug-likeness (QED) is 0.793. The fourth-order valence-corrected chi connectivity index (χ4v) is 2.74. The standard InChI is InChI=1S/C14H16N4S/c1-3-4-13-17-19-14-15-9-12(16-18(13)14)11-7-5-10(2)6-8-11/h5-8H,3-4,9H2,1-2H3. The topological polar surface area (TPSA) is 40.3 Å². The smallest absolute Gasteiger partial charge is 0.209 e. The van der Waals surface area contributed by atoms with Gasteiger partial charge in [0.25, 0.3) is 0 Å². The first-order valence-electron chi connectivity index (χ1n) is 6.51. The van der Waals surface area contributed by atoms with Gasteiger partial charge in [-0.25, -0.2) is 0 Å². The second-order valence-corrected chi connectivity index (χ2v) is 5.40. The average Bonchev–Trinajstić information content (AvgIpc) is 2.83. The summed E-state index contributed by atoms with van der Waals surface area (Å²) in [6.07, 6.45) is 2.01. The largest absolute Gasteiger partial charge is 0.253 e. The highest BCUT2D eigenvalue weighted by Gasteiger charge is 2.27. The maximum atomic E-state index is 4.71. The van der Waals surface area contributed by atoms with Crippen molar-refractivity contribution in [3.05, 3.63) is 35.4 Å². The van der Waals surface area contributed by atoms with E-state index in [0.29, 0.717) is 6.54 Å². The van der Waals surface area contributed by atoms with E-state index in [-0.39, 0.29) is 0 Å². The van der Waals surface area contributed by atoms with Gasteiger partial charge in [0, 0.05) is 6.42 Å². The van der Waals surface area contributed by atoms with Crippen LogP contribution in [0.4, 0.5) is 0 Å². The Morgan fingerprint density at radius 2 is 2.05 bits per heavy atom. The zero-order valence-corrected chi connectivity index (χ0v) is 11.9. The number of aliphatic imine (C=N–C) groups is 1. The molecule has 0 bridgehead atoms. The minimum Gasteiger partial charge on any atom is -0.253 e. The molecular weight excluding hydrogens is 256 g/mol. The lowest BCUT2D eigenvalue weighted by Gasteiger charge is -2.20. The molecule has 0 atom stereocenters. The first kappa shape index (κ1) is 12.4. The van der Waals surface area contributed by atoms with Gasteiger partial charge in [0.1, 0.15) is 5.84 Å². The number of hydrogen-bond donors (Lipinski definition) is 0. The van der Waals surface area contributed by atoms with Gasteiger partial charge in [-0.05, 0) is 18.9 Å². The summed E-state index contributed by atoms with van der Waals surface area (Å²) >= 11 is 1.43. The van der Waals surface area contributed by atoms with Crippen LogP contribution in [-0.2, 0) is 0 Å². The molecule has 19 heavy (non-hydrogen) atoms. The predicted octanol–water partition coefficient (Wildman–Crippen LogP) is 3.23. The van der Waals surface area contributed by atoms with E-state index in [9.17, 15) is 0 Å². The molecule has 4 nitrogen and oxygen atoms in total. The summed E-state index contributed by atoms with van der Waals surface area (Å²) in [5, 5.41) is 7.51. The zero-order chi connectivity index (χ0) is 13.2. The number of rotatable bonds is 3. The van der Waals surface area contributed by atoms with E-state index in [1.807, 2.05) is 5.01 Å². The molecule has 0 saturated carbocycles. The van der Waals surface area contributed by atoms with Gasteiger partial charge in [0.2, 0.25) is 5.17 Å². The van der Waals surface area contributed by atoms with E-state index in [1.165, 1.54) is 17.5 Å². The molecule has 98 valence electrons. The molecule has 0 N–H and O–H groups in total. The lowest BCUT2D eigenvalue weighted by atomic mass is 10.1. The molecule has 0 aliphatic carbocycles. The molecule has 0 saturated heterocycles. The molecule has 3 rings (SSSR count). The average molecular weight is 272 g/mol. The molecule has 2 heterocycles. The zero-order valence-electron chi connectivity index (χ0n) is 11.1. The Bertz CT molecular complexity index is 572. The van der Waals surface area contributed by atoms with E-state index in [0.717, 1.165) is 35.1 Å². The van der Waals surface area contributed by atoms with Gasteiger partial charge in [-0.1, -0.05) is 36.8 Å². The Kier molecular flexibility index (Phi) is 3.38. The van der Waals surface area contributed by atoms with E-state index in [4.69, 9.17) is 5.10 Å². The molecule has 0 spiro atoms. The molecule has 0 amide bonds. The molecule has 0 fully saturated rings. The van der Waals surface area contributed by atoms with Crippen LogP contribution in [0.5, 0.6) is 0 Å². The van der Waals surface area contributed by atoms with Crippen molar-refractivity contribution in [1.82, 2.24) is 5.01 Å². The normalized spacial score (nSPS) is 17.8. The second kappa shape index (κ2) is 5.17. The third-order valence-electron chi connectivity index (χ3n) is 3.10. The summed E-state index contributed by atoms with van der Waals surface area (Å²) in [6.45, 7) is 4.87. The number of aryl methyl sites for hydroxylation is 1. The monoisotopic (exact) mass is 272 g/mol. The molecule has 0 radical (unpaired) electrons. The first-order valence-corrected chi connectivity index (χ1v) is 7.28. The Morgan fingerprint density at radius 3 is 2.79 bits per heavy atom. The Morgan fingerprint density at radius 1 is 1.26 bits per heavy atom. The van der Waals surface area contributed by atoms with Crippen LogP contribution in [0, 0.1) is 6.92 Å². The Labute approximate surface area is 117 Å². The van der Waals surface area contributed by atoms with Crippen molar-refractivity contribution in [2.75, 3.05) is 6.54 Å². The number of hydrazone groups is 1. The van der Waals surface area contributed by atoms with Crippen molar-refractivity contribution in [2.45, 2.75) is 26.7 Å². The molecule has 2 aliphatic heterocycles. The van der Waals surface area contributed by atoms with Gasteiger partial charge in [-0.2, -0.15) is 14.5 Å². The van der Waals surface area contributed by atoms with E-state index in [1.54, 1.807) is 0 Å². The number of nitrogens with zero attached hydrogens (tertiary/aromatic N) is 4. The van der Waals surface area contributed by atoms with E-state index >= 15 is 0 Å². The number of hydrogen-bond acceptors (Lipinski definition) is 5. The maximum absolute atomic E-state index is 4.71. The van der Waals surface area contributed by atoms with Crippen molar-refractivity contribution in [2.24, 2.45) is 14.5 Å². The highest BCUT2D eigenvalue weighted by atomic mass is 32.2. The minimum atomic E-state index is 0.636. The Hall–Kier alpha value is -1.62. The van der Waals surface area contributed by atoms with Gasteiger partial charge in [-0.15, -0.1) is 0 Å². The van der Waals surface area contributed by atoms with Crippen LogP contribution in [0.2, 0.25) is 0 Å². The summed E-state index contributed by atoms with van der Waals surface area (Å²) in [4.78, 5) is 4.56. The van der Waals surface area contributed by atoms with Crippen LogP contribution in [0.25, 0.3) is 0 Å². The van der Waals surface area contributed by atoms with Crippen LogP contribution in [0.15, 0.2) is 38.8 Å². The first-order chi connectivity index (χ1) is 9.28. The van der Waals surface area contributed by atoms with Gasteiger partial charge in [0.05, 0.1) is 24.2 Å². The third-order valence-corrected chi connectivity index (χ3v) is 3.87. The van der Waals surface area contributed by atoms with Gasteiger partial charge < -0.3 is 0 Å². The van der Waals surface area contributed by atoms with Crippen LogP contribution >= 0.6 is 11.9 Å². The summed E-state index contributed by atoms with van der Waals surface area (Å²) in [7, 11) is 0. The van der Waals surface area contributed by atoms with Crippen LogP contribution < -0.4 is 0 Å². The van der Waals surface area contributed by atoms with Gasteiger partial charge >= 0.3 is 0 Å². The van der Waals surface area contributed by atoms with Crippen molar-refractivity contribution < 1.29 is 0 Å². The van der Waals surface area contributed by atoms with Crippen molar-refractivity contribution in [1.29, 1.82) is 0 Å². The maximum Gasteiger partial charge on any atom is 0.209 e. The predicted molar refractivity (Wildman–Crippen MR) is 81.8 cm³/mol. The number of amidine groups is 2. The molecular formula is C14H16N4S. The fourth-order valence-electron chi connectivity index (χ4n) is 2.04. The summed E-state index contributed by atoms with van der Waals surface area (Å²) in [6, 6.07) is 8.43. The molecule has 1 aromatic rings. The second-order valence-electron chi connectivity index (χ2n) is 4.67. The van der Waals surface area contributed by atoms with Crippen LogP contribution in [0.3, 0.4) is 0 Å². The fraction of sp³-hybridized carbons (Fsp3) is 0.357. The van der Waals surface area contributed by atoms with Crippen molar-refractivity contribution >= 4 is 28.7 Å². The van der Waals surface area contributed by atoms with Crippen molar-refractivity contribution in [3.63, 3.8) is 0 Å². The lowest BCUT2D eigenvalue weighted by molar-refractivity contribution is 0.642. The molecule has 0 unspecified atom stereocenters. The minimum absolute atomic E-state index is 0.636. The van der Waals surface area contributed by atoms with Crippen LogP contribution in [-0.4, -0.2) is 28.3 Å². The van der Waals surface area contributed by atoms with Gasteiger partial charge in [0.15, 0.2) is 0 Å². The third kappa shape index (κ3) is 2.42. The SMILES string of the molecule is CCCC1=NSC2=NCC(c3ccc(C)cc3)=NN12. The number of benzene rings is 1. The van der Waals surface area contributed by atoms with Crippen molar-refractivity contribution in [3.8, 4) is 0 Å². The van der Waals surface area contributed by atoms with E-state index < -0.39 is 0 Å². The summed E-state index contributed by atoms with van der Waals surface area (Å²) < 4.78 is 4.43. The highest BCUT2D eigenvalue weighted by molar-refractivity contribution is 8.13. The highest BCUT2D eigenvalue weighted by Crippen LogP contribution is 2.26. The summed E-state index contributed by atoms with van der Waals surface area (Å²) in [5.74, 6) is 1.01. The molecule has 0 aromatic heterocycles. The lowest BCUT2D eigenvalue weighted by Crippen LogP contribution is -2.31. The van der Waals surface area contributed by atoms with Gasteiger partial charge in [-0.3, -0.25) is 4.99 Å². The molecule has 5 heteroatoms.